The van der Waals surface area contributed by atoms with E-state index in [2.05, 4.69) is 5.32 Å². The standard InChI is InChI=1S/C55H88N2O14/c1-32(2)56-54(64)70-46-31-45(36(6)28-40-22-24-43(58)47(29-40)67-11)69-53(63)42-20-16-17-25-57(42)52(62)51(61)55(65)39(9)21-23-41(71-55)30-44(66-10)34(4)19-15-13-14-18-33(3)26-37(7)48(59)50(68-12)49(60)38(8)27-35(46)5/h13-15,18-19,27,32-33,35-37,39-47,49-50,58,60,65H,16-17,20-26,28-31H2,1-12H3,(H,56,64)/b15-13+,18-14+,34-19+,38-27+/t33-,35-,36-,37-,39-,40+,41?,42?,43-,44+,45+,46-,47-,49-,50+,55-/m1/s1. The molecule has 0 aromatic heterocycles. The lowest BCUT2D eigenvalue weighted by Gasteiger charge is -2.43. The number of rotatable bonds is 8. The highest BCUT2D eigenvalue weighted by molar-refractivity contribution is 6.39. The van der Waals surface area contributed by atoms with Crippen LogP contribution in [0.15, 0.2) is 47.6 Å². The number of hydrogen-bond acceptors (Lipinski definition) is 14. The number of esters is 1. The van der Waals surface area contributed by atoms with Gasteiger partial charge < -0.3 is 54.0 Å². The zero-order chi connectivity index (χ0) is 52.7. The number of amides is 2. The van der Waals surface area contributed by atoms with E-state index in [-0.39, 0.29) is 55.1 Å². The summed E-state index contributed by atoms with van der Waals surface area (Å²) in [5.74, 6) is -7.63. The number of piperidine rings is 1. The van der Waals surface area contributed by atoms with Gasteiger partial charge in [0.2, 0.25) is 5.79 Å². The molecular formula is C55H88N2O14. The van der Waals surface area contributed by atoms with Crippen LogP contribution >= 0.6 is 0 Å². The second-order valence-electron chi connectivity index (χ2n) is 21.5. The molecule has 4 N–H and O–H groups in total. The first-order valence-corrected chi connectivity index (χ1v) is 26.2. The zero-order valence-corrected chi connectivity index (χ0v) is 44.7. The summed E-state index contributed by atoms with van der Waals surface area (Å²) in [7, 11) is 4.54. The van der Waals surface area contributed by atoms with Gasteiger partial charge in [0.1, 0.15) is 30.5 Å². The summed E-state index contributed by atoms with van der Waals surface area (Å²) in [6.45, 7) is 16.5. The SMILES string of the molecule is CO[C@H]1CC2CC[C@@H](C)[C@@](O)(O2)C(=O)C(=O)N2CCCCC2C(=O)O[C@H]([C@H](C)C[C@@H]2CC[C@@H](O)[C@H](OC)C2)C[C@@H](OC(=O)NC(C)C)[C@H](C)/C=C(\C)[C@@H](O)[C@@H](OC)C(=O)[C@H](C)C[C@H](C)/C=C/C=C/C=C/1C. The van der Waals surface area contributed by atoms with E-state index in [1.807, 2.05) is 65.0 Å². The van der Waals surface area contributed by atoms with E-state index in [1.54, 1.807) is 48.0 Å². The summed E-state index contributed by atoms with van der Waals surface area (Å²) in [5, 5.41) is 37.2. The van der Waals surface area contributed by atoms with Crippen molar-refractivity contribution in [3.05, 3.63) is 47.6 Å². The van der Waals surface area contributed by atoms with Crippen LogP contribution in [-0.2, 0) is 47.6 Å². The Balaban J connectivity index is 1.80. The molecule has 0 radical (unpaired) electrons. The van der Waals surface area contributed by atoms with Gasteiger partial charge in [0.05, 0.1) is 24.4 Å². The largest absolute Gasteiger partial charge is 0.460 e. The second kappa shape index (κ2) is 28.1. The van der Waals surface area contributed by atoms with E-state index in [0.29, 0.717) is 69.8 Å². The van der Waals surface area contributed by atoms with Gasteiger partial charge >= 0.3 is 12.1 Å². The minimum Gasteiger partial charge on any atom is -0.460 e. The molecule has 0 spiro atoms. The number of Topliss-reactive ketones (excluding diaryl/α,β-unsaturated/α-hetero) is 2. The quantitative estimate of drug-likeness (QED) is 0.108. The van der Waals surface area contributed by atoms with Crippen LogP contribution in [0.1, 0.15) is 139 Å². The molecule has 4 aliphatic rings. The van der Waals surface area contributed by atoms with Gasteiger partial charge in [-0.1, -0.05) is 71.1 Å². The number of cyclic esters (lactones) is 1. The number of carbonyl (C=O) groups is 5. The van der Waals surface area contributed by atoms with Gasteiger partial charge in [-0.05, 0) is 121 Å². The molecule has 16 atom stereocenters. The molecule has 0 aromatic rings. The molecule has 1 aliphatic carbocycles. The predicted octanol–water partition coefficient (Wildman–Crippen LogP) is 7.11. The number of carbonyl (C=O) groups excluding carboxylic acids is 5. The van der Waals surface area contributed by atoms with Crippen LogP contribution < -0.4 is 5.32 Å². The fourth-order valence-corrected chi connectivity index (χ4v) is 10.8. The van der Waals surface area contributed by atoms with E-state index in [1.165, 1.54) is 12.0 Å². The average Bonchev–Trinajstić information content (AvgIpc) is 3.33. The maximum Gasteiger partial charge on any atom is 0.407 e. The van der Waals surface area contributed by atoms with Crippen LogP contribution in [-0.4, -0.2) is 144 Å². The fraction of sp³-hybridized carbons (Fsp3) is 0.764. The Bertz CT molecular complexity index is 1900. The Morgan fingerprint density at radius 3 is 2.23 bits per heavy atom. The van der Waals surface area contributed by atoms with Gasteiger partial charge in [0.25, 0.3) is 11.7 Å². The molecule has 402 valence electrons. The number of ketones is 2. The van der Waals surface area contributed by atoms with E-state index < -0.39 is 96.1 Å². The molecule has 0 aromatic carbocycles. The fourth-order valence-electron chi connectivity index (χ4n) is 10.8. The average molecular weight is 1000 g/mol. The molecule has 2 bridgehead atoms. The Kier molecular flexibility index (Phi) is 23.6. The summed E-state index contributed by atoms with van der Waals surface area (Å²) >= 11 is 0. The van der Waals surface area contributed by atoms with Crippen molar-refractivity contribution in [2.24, 2.45) is 35.5 Å². The van der Waals surface area contributed by atoms with Crippen molar-refractivity contribution in [3.8, 4) is 0 Å². The minimum atomic E-state index is -2.45. The number of fused-ring (bicyclic) bond motifs is 3. The summed E-state index contributed by atoms with van der Waals surface area (Å²) in [6.07, 6.45) is 9.70. The van der Waals surface area contributed by atoms with Gasteiger partial charge in [-0.15, -0.1) is 0 Å². The van der Waals surface area contributed by atoms with E-state index in [0.717, 1.165) is 5.57 Å². The van der Waals surface area contributed by atoms with E-state index >= 15 is 0 Å². The molecule has 3 aliphatic heterocycles. The van der Waals surface area contributed by atoms with Crippen molar-refractivity contribution < 1.29 is 67.7 Å². The molecule has 2 unspecified atom stereocenters. The third kappa shape index (κ3) is 16.6. The van der Waals surface area contributed by atoms with Gasteiger partial charge in [0, 0.05) is 64.5 Å². The van der Waals surface area contributed by atoms with Crippen molar-refractivity contribution in [1.82, 2.24) is 10.2 Å². The van der Waals surface area contributed by atoms with Crippen LogP contribution in [0.25, 0.3) is 0 Å². The monoisotopic (exact) mass is 1000 g/mol. The van der Waals surface area contributed by atoms with Crippen LogP contribution in [0.2, 0.25) is 0 Å². The Morgan fingerprint density at radius 2 is 1.56 bits per heavy atom. The summed E-state index contributed by atoms with van der Waals surface area (Å²) < 4.78 is 36.0. The number of aliphatic hydroxyl groups is 3. The van der Waals surface area contributed by atoms with Gasteiger partial charge in [0.15, 0.2) is 5.78 Å². The van der Waals surface area contributed by atoms with Crippen LogP contribution in [0, 0.1) is 35.5 Å². The van der Waals surface area contributed by atoms with E-state index in [4.69, 9.17) is 28.4 Å². The number of aliphatic hydroxyl groups excluding tert-OH is 2. The number of alkyl carbamates (subject to hydrolysis) is 1. The molecule has 71 heavy (non-hydrogen) atoms. The predicted molar refractivity (Wildman–Crippen MR) is 269 cm³/mol. The van der Waals surface area contributed by atoms with Crippen LogP contribution in [0.4, 0.5) is 4.79 Å². The normalized spacial score (nSPS) is 39.0. The summed E-state index contributed by atoms with van der Waals surface area (Å²) in [5.41, 5.74) is 1.29. The number of allylic oxidation sites excluding steroid dienone is 5. The van der Waals surface area contributed by atoms with Crippen molar-refractivity contribution in [1.29, 1.82) is 0 Å². The van der Waals surface area contributed by atoms with Gasteiger partial charge in [-0.3, -0.25) is 14.4 Å². The smallest absolute Gasteiger partial charge is 0.407 e. The number of ether oxygens (including phenoxy) is 6. The lowest BCUT2D eigenvalue weighted by Crippen LogP contribution is -2.61. The minimum absolute atomic E-state index is 0.00289. The van der Waals surface area contributed by atoms with Crippen molar-refractivity contribution >= 4 is 29.5 Å². The Morgan fingerprint density at radius 1 is 0.845 bits per heavy atom. The number of nitrogens with one attached hydrogen (secondary N) is 1. The first kappa shape index (κ1) is 59.8. The van der Waals surface area contributed by atoms with Crippen molar-refractivity contribution in [2.75, 3.05) is 27.9 Å². The molecule has 3 fully saturated rings. The van der Waals surface area contributed by atoms with Gasteiger partial charge in [-0.2, -0.15) is 0 Å². The first-order chi connectivity index (χ1) is 33.5. The maximum atomic E-state index is 14.7. The van der Waals surface area contributed by atoms with Crippen LogP contribution in [0.3, 0.4) is 0 Å². The van der Waals surface area contributed by atoms with Crippen molar-refractivity contribution in [3.63, 3.8) is 0 Å². The second-order valence-corrected chi connectivity index (χ2v) is 21.5. The van der Waals surface area contributed by atoms with Crippen LogP contribution in [0.5, 0.6) is 0 Å². The molecule has 1 saturated carbocycles. The summed E-state index contributed by atoms with van der Waals surface area (Å²) in [6, 6.07) is -1.42. The molecular weight excluding hydrogens is 913 g/mol. The van der Waals surface area contributed by atoms with Gasteiger partial charge in [-0.25, -0.2) is 9.59 Å². The first-order valence-electron chi connectivity index (χ1n) is 26.2. The highest BCUT2D eigenvalue weighted by atomic mass is 16.6. The number of hydrogen-bond donors (Lipinski definition) is 4. The molecule has 2 amide bonds. The lowest BCUT2D eigenvalue weighted by atomic mass is 9.78. The van der Waals surface area contributed by atoms with Crippen molar-refractivity contribution in [2.45, 2.75) is 206 Å². The molecule has 3 heterocycles. The molecule has 4 rings (SSSR count). The lowest BCUT2D eigenvalue weighted by molar-refractivity contribution is -0.265. The third-order valence-corrected chi connectivity index (χ3v) is 15.3. The Labute approximate surface area is 423 Å². The Hall–Kier alpha value is -3.77. The summed E-state index contributed by atoms with van der Waals surface area (Å²) in [4.78, 5) is 72.1. The molecule has 16 heteroatoms. The number of nitrogens with zero attached hydrogens (tertiary/aromatic N) is 1. The number of methoxy groups -OCH3 is 3. The molecule has 16 nitrogen and oxygen atoms in total. The third-order valence-electron chi connectivity index (χ3n) is 15.3. The highest BCUT2D eigenvalue weighted by Crippen LogP contribution is 2.38. The zero-order valence-electron chi connectivity index (χ0n) is 44.7. The highest BCUT2D eigenvalue weighted by Gasteiger charge is 2.53. The topological polar surface area (TPSA) is 217 Å². The maximum absolute atomic E-state index is 14.7. The molecule has 2 saturated heterocycles. The van der Waals surface area contributed by atoms with E-state index in [9.17, 15) is 39.3 Å².